The number of rotatable bonds is 6. The van der Waals surface area contributed by atoms with Crippen molar-refractivity contribution in [1.29, 1.82) is 0 Å². The van der Waals surface area contributed by atoms with E-state index >= 15 is 0 Å². The van der Waals surface area contributed by atoms with Crippen LogP contribution in [0.5, 0.6) is 0 Å². The molecule has 0 radical (unpaired) electrons. The van der Waals surface area contributed by atoms with Crippen molar-refractivity contribution in [2.45, 2.75) is 51.1 Å². The number of carbonyl (C=O) groups is 1. The second-order valence-corrected chi connectivity index (χ2v) is 5.93. The van der Waals surface area contributed by atoms with Gasteiger partial charge in [0.1, 0.15) is 0 Å². The number of likely N-dealkylation sites (N-methyl/N-ethyl adjacent to an activating group) is 1. The van der Waals surface area contributed by atoms with E-state index in [2.05, 4.69) is 22.5 Å². The summed E-state index contributed by atoms with van der Waals surface area (Å²) in [6, 6.07) is 0.863. The Bertz CT molecular complexity index is 287. The molecule has 2 aliphatic heterocycles. The van der Waals surface area contributed by atoms with Gasteiger partial charge in [-0.2, -0.15) is 0 Å². The number of nitrogens with zero attached hydrogens (tertiary/aromatic N) is 1. The molecular weight excluding hydrogens is 254 g/mol. The van der Waals surface area contributed by atoms with Gasteiger partial charge in [-0.05, 0) is 38.8 Å². The highest BCUT2D eigenvalue weighted by Crippen LogP contribution is 2.09. The molecule has 0 saturated carbocycles. The van der Waals surface area contributed by atoms with E-state index in [1.165, 1.54) is 19.3 Å². The van der Waals surface area contributed by atoms with Crippen molar-refractivity contribution in [2.24, 2.45) is 0 Å². The van der Waals surface area contributed by atoms with Crippen LogP contribution in [0, 0.1) is 0 Å². The van der Waals surface area contributed by atoms with Crippen LogP contribution in [0.3, 0.4) is 0 Å². The number of ether oxygens (including phenoxy) is 1. The van der Waals surface area contributed by atoms with E-state index in [4.69, 9.17) is 4.74 Å². The molecule has 0 aromatic heterocycles. The number of amides is 1. The average Bonchev–Trinajstić information content (AvgIpc) is 2.48. The minimum atomic E-state index is 0.162. The molecule has 116 valence electrons. The van der Waals surface area contributed by atoms with E-state index in [1.807, 2.05) is 0 Å². The summed E-state index contributed by atoms with van der Waals surface area (Å²) in [5, 5.41) is 6.69. The summed E-state index contributed by atoms with van der Waals surface area (Å²) in [6.07, 6.45) is 5.72. The molecule has 0 aromatic rings. The lowest BCUT2D eigenvalue weighted by Crippen LogP contribution is -2.48. The lowest BCUT2D eigenvalue weighted by atomic mass is 10.0. The van der Waals surface area contributed by atoms with Crippen molar-refractivity contribution < 1.29 is 9.53 Å². The summed E-state index contributed by atoms with van der Waals surface area (Å²) in [5.41, 5.74) is 0. The van der Waals surface area contributed by atoms with Crippen LogP contribution in [0.2, 0.25) is 0 Å². The minimum Gasteiger partial charge on any atom is -0.381 e. The number of carbonyl (C=O) groups excluding carboxylic acids is 1. The first-order chi connectivity index (χ1) is 9.78. The third-order valence-corrected chi connectivity index (χ3v) is 4.29. The monoisotopic (exact) mass is 283 g/mol. The first-order valence-electron chi connectivity index (χ1n) is 8.10. The molecule has 0 bridgehead atoms. The van der Waals surface area contributed by atoms with E-state index in [0.717, 1.165) is 45.7 Å². The van der Waals surface area contributed by atoms with Crippen LogP contribution in [0.15, 0.2) is 0 Å². The van der Waals surface area contributed by atoms with Gasteiger partial charge in [-0.3, -0.25) is 9.69 Å². The van der Waals surface area contributed by atoms with Gasteiger partial charge in [0, 0.05) is 31.8 Å². The highest BCUT2D eigenvalue weighted by molar-refractivity contribution is 5.78. The fraction of sp³-hybridized carbons (Fsp3) is 0.933. The Hall–Kier alpha value is -0.650. The van der Waals surface area contributed by atoms with Gasteiger partial charge >= 0.3 is 0 Å². The zero-order valence-corrected chi connectivity index (χ0v) is 12.7. The summed E-state index contributed by atoms with van der Waals surface area (Å²) in [5.74, 6) is 0.162. The van der Waals surface area contributed by atoms with Crippen LogP contribution in [0.25, 0.3) is 0 Å². The third kappa shape index (κ3) is 5.38. The zero-order valence-electron chi connectivity index (χ0n) is 12.7. The number of hydrogen-bond donors (Lipinski definition) is 2. The average molecular weight is 283 g/mol. The first kappa shape index (κ1) is 15.7. The second-order valence-electron chi connectivity index (χ2n) is 5.93. The van der Waals surface area contributed by atoms with Gasteiger partial charge in [-0.25, -0.2) is 0 Å². The van der Waals surface area contributed by atoms with Gasteiger partial charge in [-0.1, -0.05) is 13.3 Å². The quantitative estimate of drug-likeness (QED) is 0.755. The van der Waals surface area contributed by atoms with Crippen molar-refractivity contribution in [3.63, 3.8) is 0 Å². The Morgan fingerprint density at radius 3 is 2.75 bits per heavy atom. The lowest BCUT2D eigenvalue weighted by molar-refractivity contribution is -0.123. The van der Waals surface area contributed by atoms with Crippen LogP contribution < -0.4 is 10.6 Å². The maximum Gasteiger partial charge on any atom is 0.234 e. The molecule has 0 aliphatic carbocycles. The van der Waals surface area contributed by atoms with E-state index in [9.17, 15) is 4.79 Å². The fourth-order valence-electron chi connectivity index (χ4n) is 3.02. The summed E-state index contributed by atoms with van der Waals surface area (Å²) >= 11 is 0. The molecule has 1 amide bonds. The molecule has 2 heterocycles. The standard InChI is InChI=1S/C15H29N3O2/c1-2-18(11-14-5-3-4-8-16-14)12-15(19)17-13-6-9-20-10-7-13/h13-14,16H,2-12H2,1H3,(H,17,19). The van der Waals surface area contributed by atoms with E-state index < -0.39 is 0 Å². The van der Waals surface area contributed by atoms with Crippen LogP contribution in [-0.2, 0) is 9.53 Å². The number of nitrogens with one attached hydrogen (secondary N) is 2. The Morgan fingerprint density at radius 2 is 2.10 bits per heavy atom. The minimum absolute atomic E-state index is 0.162. The Labute approximate surface area is 122 Å². The van der Waals surface area contributed by atoms with E-state index in [0.29, 0.717) is 18.6 Å². The predicted octanol–water partition coefficient (Wildman–Crippen LogP) is 0.746. The molecule has 2 rings (SSSR count). The fourth-order valence-corrected chi connectivity index (χ4v) is 3.02. The van der Waals surface area contributed by atoms with Crippen molar-refractivity contribution in [3.8, 4) is 0 Å². The van der Waals surface area contributed by atoms with E-state index in [-0.39, 0.29) is 5.91 Å². The maximum absolute atomic E-state index is 12.1. The second kappa shape index (κ2) is 8.60. The molecule has 2 N–H and O–H groups in total. The largest absolute Gasteiger partial charge is 0.381 e. The van der Waals surface area contributed by atoms with Crippen molar-refractivity contribution >= 4 is 5.91 Å². The Morgan fingerprint density at radius 1 is 1.30 bits per heavy atom. The number of piperidine rings is 1. The lowest BCUT2D eigenvalue weighted by Gasteiger charge is -2.30. The molecule has 5 heteroatoms. The zero-order chi connectivity index (χ0) is 14.2. The highest BCUT2D eigenvalue weighted by Gasteiger charge is 2.20. The Kier molecular flexibility index (Phi) is 6.76. The van der Waals surface area contributed by atoms with Crippen molar-refractivity contribution in [3.05, 3.63) is 0 Å². The summed E-state index contributed by atoms with van der Waals surface area (Å²) in [6.45, 7) is 7.23. The molecular formula is C15H29N3O2. The van der Waals surface area contributed by atoms with Gasteiger partial charge in [-0.15, -0.1) is 0 Å². The normalized spacial score (nSPS) is 24.8. The molecule has 20 heavy (non-hydrogen) atoms. The first-order valence-corrected chi connectivity index (χ1v) is 8.10. The molecule has 2 saturated heterocycles. The topological polar surface area (TPSA) is 53.6 Å². The van der Waals surface area contributed by atoms with Gasteiger partial charge in [0.2, 0.25) is 5.91 Å². The Balaban J connectivity index is 1.69. The molecule has 1 unspecified atom stereocenters. The molecule has 2 aliphatic rings. The van der Waals surface area contributed by atoms with E-state index in [1.54, 1.807) is 0 Å². The van der Waals surface area contributed by atoms with Crippen LogP contribution in [0.4, 0.5) is 0 Å². The van der Waals surface area contributed by atoms with Gasteiger partial charge in [0.05, 0.1) is 6.54 Å². The number of hydrogen-bond acceptors (Lipinski definition) is 4. The molecule has 5 nitrogen and oxygen atoms in total. The van der Waals surface area contributed by atoms with Crippen LogP contribution >= 0.6 is 0 Å². The summed E-state index contributed by atoms with van der Waals surface area (Å²) in [7, 11) is 0. The van der Waals surface area contributed by atoms with Gasteiger partial charge < -0.3 is 15.4 Å². The van der Waals surface area contributed by atoms with Gasteiger partial charge in [0.15, 0.2) is 0 Å². The molecule has 0 aromatic carbocycles. The van der Waals surface area contributed by atoms with Crippen LogP contribution in [-0.4, -0.2) is 62.3 Å². The van der Waals surface area contributed by atoms with Gasteiger partial charge in [0.25, 0.3) is 0 Å². The maximum atomic E-state index is 12.1. The third-order valence-electron chi connectivity index (χ3n) is 4.29. The van der Waals surface area contributed by atoms with Crippen molar-refractivity contribution in [1.82, 2.24) is 15.5 Å². The highest BCUT2D eigenvalue weighted by atomic mass is 16.5. The molecule has 2 fully saturated rings. The molecule has 0 spiro atoms. The molecule has 1 atom stereocenters. The SMILES string of the molecule is CCN(CC(=O)NC1CCOCC1)CC1CCCCN1. The van der Waals surface area contributed by atoms with Crippen molar-refractivity contribution in [2.75, 3.05) is 39.4 Å². The van der Waals surface area contributed by atoms with Crippen LogP contribution in [0.1, 0.15) is 39.0 Å². The predicted molar refractivity (Wildman–Crippen MR) is 79.7 cm³/mol. The summed E-state index contributed by atoms with van der Waals surface area (Å²) in [4.78, 5) is 14.4. The smallest absolute Gasteiger partial charge is 0.234 e. The summed E-state index contributed by atoms with van der Waals surface area (Å²) < 4.78 is 5.31.